The summed E-state index contributed by atoms with van der Waals surface area (Å²) in [5, 5.41) is 6.12. The first-order valence-electron chi connectivity index (χ1n) is 7.96. The Balaban J connectivity index is 2.03. The predicted octanol–water partition coefficient (Wildman–Crippen LogP) is 2.34. The Hall–Kier alpha value is -1.04. The molecule has 4 nitrogen and oxygen atoms in total. The van der Waals surface area contributed by atoms with Crippen LogP contribution in [0.3, 0.4) is 0 Å². The maximum Gasteiger partial charge on any atom is 0.228 e. The number of carbonyl (C=O) groups is 1. The van der Waals surface area contributed by atoms with Gasteiger partial charge in [-0.1, -0.05) is 19.1 Å². The molecule has 1 fully saturated rings. The zero-order valence-electron chi connectivity index (χ0n) is 13.8. The summed E-state index contributed by atoms with van der Waals surface area (Å²) in [5.41, 5.74) is 3.44. The number of thioether (sulfide) groups is 1. The van der Waals surface area contributed by atoms with Crippen molar-refractivity contribution in [1.82, 2.24) is 10.2 Å². The van der Waals surface area contributed by atoms with Crippen LogP contribution in [-0.4, -0.2) is 49.0 Å². The maximum atomic E-state index is 12.2. The summed E-state index contributed by atoms with van der Waals surface area (Å²) < 4.78 is 0. The van der Waals surface area contributed by atoms with Crippen LogP contribution in [0.15, 0.2) is 18.2 Å². The molecule has 0 aliphatic carbocycles. The molecule has 1 aromatic carbocycles. The van der Waals surface area contributed by atoms with Crippen molar-refractivity contribution in [3.8, 4) is 0 Å². The van der Waals surface area contributed by atoms with Gasteiger partial charge in [-0.2, -0.15) is 11.8 Å². The fourth-order valence-electron chi connectivity index (χ4n) is 2.65. The Labute approximate surface area is 138 Å². The molecule has 1 aliphatic rings. The smallest absolute Gasteiger partial charge is 0.228 e. The van der Waals surface area contributed by atoms with Gasteiger partial charge in [-0.25, -0.2) is 0 Å². The minimum atomic E-state index is -0.0350. The van der Waals surface area contributed by atoms with Crippen molar-refractivity contribution >= 4 is 23.4 Å². The molecule has 2 N–H and O–H groups in total. The summed E-state index contributed by atoms with van der Waals surface area (Å²) in [6, 6.07) is 6.21. The van der Waals surface area contributed by atoms with Gasteiger partial charge >= 0.3 is 0 Å². The van der Waals surface area contributed by atoms with Gasteiger partial charge in [-0.15, -0.1) is 0 Å². The van der Waals surface area contributed by atoms with Crippen LogP contribution in [0.25, 0.3) is 0 Å². The van der Waals surface area contributed by atoms with E-state index in [4.69, 9.17) is 0 Å². The third-order valence-electron chi connectivity index (χ3n) is 4.16. The maximum absolute atomic E-state index is 12.2. The van der Waals surface area contributed by atoms with E-state index < -0.39 is 0 Å². The number of carbonyl (C=O) groups excluding carboxylic acids is 1. The highest BCUT2D eigenvalue weighted by Crippen LogP contribution is 2.22. The fourth-order valence-corrected chi connectivity index (χ4v) is 3.62. The van der Waals surface area contributed by atoms with Gasteiger partial charge < -0.3 is 10.6 Å². The van der Waals surface area contributed by atoms with Crippen molar-refractivity contribution < 1.29 is 4.79 Å². The average molecular weight is 321 g/mol. The number of rotatable bonds is 6. The van der Waals surface area contributed by atoms with E-state index >= 15 is 0 Å². The molecular weight excluding hydrogens is 294 g/mol. The van der Waals surface area contributed by atoms with Crippen LogP contribution in [0.1, 0.15) is 18.1 Å². The third-order valence-corrected chi connectivity index (χ3v) is 5.10. The van der Waals surface area contributed by atoms with Gasteiger partial charge in [0, 0.05) is 49.3 Å². The van der Waals surface area contributed by atoms with Crippen molar-refractivity contribution in [2.75, 3.05) is 43.5 Å². The quantitative estimate of drug-likeness (QED) is 0.844. The van der Waals surface area contributed by atoms with Crippen molar-refractivity contribution in [2.45, 2.75) is 20.4 Å². The van der Waals surface area contributed by atoms with Gasteiger partial charge in [-0.3, -0.25) is 9.69 Å². The minimum absolute atomic E-state index is 0.0350. The van der Waals surface area contributed by atoms with E-state index in [0.717, 1.165) is 25.3 Å². The fraction of sp³-hybridized carbons (Fsp3) is 0.588. The second-order valence-electron chi connectivity index (χ2n) is 5.93. The Morgan fingerprint density at radius 1 is 1.36 bits per heavy atom. The van der Waals surface area contributed by atoms with Crippen LogP contribution in [0.2, 0.25) is 0 Å². The molecule has 1 saturated heterocycles. The average Bonchev–Trinajstić information content (AvgIpc) is 2.52. The summed E-state index contributed by atoms with van der Waals surface area (Å²) in [4.78, 5) is 14.7. The van der Waals surface area contributed by atoms with Crippen molar-refractivity contribution in [2.24, 2.45) is 5.92 Å². The van der Waals surface area contributed by atoms with E-state index in [-0.39, 0.29) is 11.8 Å². The normalized spacial score (nSPS) is 17.2. The lowest BCUT2D eigenvalue weighted by atomic mass is 10.0. The number of benzene rings is 1. The summed E-state index contributed by atoms with van der Waals surface area (Å²) in [6.45, 7) is 8.01. The number of hydrogen-bond acceptors (Lipinski definition) is 4. The van der Waals surface area contributed by atoms with Crippen LogP contribution in [-0.2, 0) is 11.3 Å². The van der Waals surface area contributed by atoms with Gasteiger partial charge in [-0.05, 0) is 31.2 Å². The lowest BCUT2D eigenvalue weighted by Gasteiger charge is -2.27. The van der Waals surface area contributed by atoms with Gasteiger partial charge in [0.25, 0.3) is 0 Å². The van der Waals surface area contributed by atoms with Gasteiger partial charge in [0.15, 0.2) is 0 Å². The van der Waals surface area contributed by atoms with Crippen LogP contribution >= 0.6 is 11.8 Å². The Morgan fingerprint density at radius 2 is 2.09 bits per heavy atom. The second-order valence-corrected chi connectivity index (χ2v) is 7.15. The van der Waals surface area contributed by atoms with E-state index in [1.165, 1.54) is 22.6 Å². The van der Waals surface area contributed by atoms with Crippen LogP contribution in [0.4, 0.5) is 5.69 Å². The molecule has 1 heterocycles. The first-order chi connectivity index (χ1) is 10.6. The zero-order chi connectivity index (χ0) is 15.9. The molecule has 1 aliphatic heterocycles. The number of nitrogens with zero attached hydrogens (tertiary/aromatic N) is 1. The lowest BCUT2D eigenvalue weighted by molar-refractivity contribution is -0.119. The monoisotopic (exact) mass is 321 g/mol. The number of nitrogens with one attached hydrogen (secondary N) is 2. The molecule has 1 aromatic rings. The van der Waals surface area contributed by atoms with E-state index in [9.17, 15) is 4.79 Å². The molecule has 122 valence electrons. The van der Waals surface area contributed by atoms with Gasteiger partial charge in [0.1, 0.15) is 0 Å². The van der Waals surface area contributed by atoms with Crippen LogP contribution < -0.4 is 10.6 Å². The molecule has 1 atom stereocenters. The molecule has 0 spiro atoms. The Morgan fingerprint density at radius 3 is 2.77 bits per heavy atom. The second kappa shape index (κ2) is 8.56. The molecule has 1 unspecified atom stereocenters. The van der Waals surface area contributed by atoms with Crippen LogP contribution in [0, 0.1) is 12.8 Å². The number of amides is 1. The standard InChI is InChI=1S/C17H27N3OS/c1-13(11-18-3)17(21)19-16-6-4-5-15(14(16)2)12-20-7-9-22-10-8-20/h4-6,13,18H,7-12H2,1-3H3,(H,19,21). The summed E-state index contributed by atoms with van der Waals surface area (Å²) in [5.74, 6) is 2.48. The minimum Gasteiger partial charge on any atom is -0.326 e. The molecule has 0 radical (unpaired) electrons. The van der Waals surface area contributed by atoms with E-state index in [2.05, 4.69) is 28.5 Å². The van der Waals surface area contributed by atoms with Gasteiger partial charge in [0.05, 0.1) is 0 Å². The highest BCUT2D eigenvalue weighted by atomic mass is 32.2. The molecule has 0 saturated carbocycles. The first kappa shape index (κ1) is 17.3. The van der Waals surface area contributed by atoms with E-state index in [0.29, 0.717) is 6.54 Å². The first-order valence-corrected chi connectivity index (χ1v) is 9.11. The summed E-state index contributed by atoms with van der Waals surface area (Å²) in [6.07, 6.45) is 0. The molecule has 5 heteroatoms. The highest BCUT2D eigenvalue weighted by Gasteiger charge is 2.16. The third kappa shape index (κ3) is 4.73. The van der Waals surface area contributed by atoms with Crippen molar-refractivity contribution in [1.29, 1.82) is 0 Å². The highest BCUT2D eigenvalue weighted by molar-refractivity contribution is 7.99. The number of hydrogen-bond donors (Lipinski definition) is 2. The largest absolute Gasteiger partial charge is 0.326 e. The van der Waals surface area contributed by atoms with Crippen molar-refractivity contribution in [3.63, 3.8) is 0 Å². The van der Waals surface area contributed by atoms with Gasteiger partial charge in [0.2, 0.25) is 5.91 Å². The van der Waals surface area contributed by atoms with E-state index in [1.54, 1.807) is 0 Å². The molecule has 0 bridgehead atoms. The Kier molecular flexibility index (Phi) is 6.73. The molecule has 1 amide bonds. The molecule has 2 rings (SSSR count). The zero-order valence-corrected chi connectivity index (χ0v) is 14.6. The topological polar surface area (TPSA) is 44.4 Å². The van der Waals surface area contributed by atoms with E-state index in [1.807, 2.05) is 37.9 Å². The molecule has 22 heavy (non-hydrogen) atoms. The SMILES string of the molecule is CNCC(C)C(=O)Nc1cccc(CN2CCSCC2)c1C. The van der Waals surface area contributed by atoms with Crippen LogP contribution in [0.5, 0.6) is 0 Å². The lowest BCUT2D eigenvalue weighted by Crippen LogP contribution is -2.32. The molecule has 0 aromatic heterocycles. The Bertz CT molecular complexity index is 501. The predicted molar refractivity (Wildman–Crippen MR) is 95.5 cm³/mol. The summed E-state index contributed by atoms with van der Waals surface area (Å²) >= 11 is 2.03. The number of anilines is 1. The van der Waals surface area contributed by atoms with Crippen molar-refractivity contribution in [3.05, 3.63) is 29.3 Å². The molecular formula is C17H27N3OS. The summed E-state index contributed by atoms with van der Waals surface area (Å²) in [7, 11) is 1.87.